The number of primary amides is 1. The van der Waals surface area contributed by atoms with Crippen molar-refractivity contribution in [3.8, 4) is 0 Å². The Bertz CT molecular complexity index is 1200. The van der Waals surface area contributed by atoms with E-state index in [2.05, 4.69) is 16.0 Å². The summed E-state index contributed by atoms with van der Waals surface area (Å²) in [6, 6.07) is 0. The molecule has 2 aliphatic rings. The van der Waals surface area contributed by atoms with Crippen molar-refractivity contribution in [2.45, 2.75) is 65.0 Å². The second kappa shape index (κ2) is 16.9. The Balaban J connectivity index is 2.61. The van der Waals surface area contributed by atoms with Gasteiger partial charge in [-0.3, -0.25) is 14.4 Å². The first-order chi connectivity index (χ1) is 20.3. The number of likely N-dealkylation sites (N-methyl/N-ethyl adjacent to an activating group) is 1. The second-order valence-corrected chi connectivity index (χ2v) is 11.0. The Morgan fingerprint density at radius 2 is 1.84 bits per heavy atom. The zero-order chi connectivity index (χ0) is 32.3. The maximum atomic E-state index is 13.6. The smallest absolute Gasteiger partial charge is 0.405 e. The molecule has 1 aliphatic carbocycles. The number of ketones is 2. The molecule has 2 rings (SSSR count). The number of aliphatic hydroxyl groups is 1. The van der Waals surface area contributed by atoms with Crippen LogP contribution in [0.5, 0.6) is 0 Å². The normalized spacial score (nSPS) is 31.3. The van der Waals surface area contributed by atoms with Crippen molar-refractivity contribution in [2.75, 3.05) is 34.4 Å². The van der Waals surface area contributed by atoms with Crippen molar-refractivity contribution in [1.82, 2.24) is 16.0 Å². The van der Waals surface area contributed by atoms with E-state index in [9.17, 15) is 24.3 Å². The summed E-state index contributed by atoms with van der Waals surface area (Å²) < 4.78 is 16.6. The van der Waals surface area contributed by atoms with Gasteiger partial charge in [-0.15, -0.1) is 0 Å². The number of methoxy groups -OCH3 is 2. The van der Waals surface area contributed by atoms with Gasteiger partial charge in [-0.2, -0.15) is 0 Å². The van der Waals surface area contributed by atoms with Crippen LogP contribution in [0, 0.1) is 11.8 Å². The number of allylic oxidation sites excluding steroid dienone is 4. The van der Waals surface area contributed by atoms with Gasteiger partial charge in [0, 0.05) is 50.4 Å². The highest BCUT2D eigenvalue weighted by Crippen LogP contribution is 2.28. The molecule has 0 aromatic heterocycles. The molecule has 0 spiro atoms. The largest absolute Gasteiger partial charge is 0.439 e. The van der Waals surface area contributed by atoms with Gasteiger partial charge in [0.1, 0.15) is 6.10 Å². The van der Waals surface area contributed by atoms with Crippen molar-refractivity contribution in [3.05, 3.63) is 58.5 Å². The summed E-state index contributed by atoms with van der Waals surface area (Å²) >= 11 is 0. The number of carbonyl (C=O) groups excluding carboxylic acids is 4. The van der Waals surface area contributed by atoms with Crippen LogP contribution in [0.1, 0.15) is 40.5 Å². The minimum Gasteiger partial charge on any atom is -0.439 e. The molecule has 0 unspecified atom stereocenters. The molecule has 0 aromatic carbocycles. The van der Waals surface area contributed by atoms with Gasteiger partial charge in [0.2, 0.25) is 11.6 Å². The molecule has 1 heterocycles. The van der Waals surface area contributed by atoms with Crippen molar-refractivity contribution in [1.29, 1.82) is 0 Å². The summed E-state index contributed by atoms with van der Waals surface area (Å²) in [4.78, 5) is 51.5. The van der Waals surface area contributed by atoms with Gasteiger partial charge in [-0.25, -0.2) is 4.79 Å². The number of Topliss-reactive ketones (excluding diaryl/α,β-unsaturated/α-hetero) is 1. The van der Waals surface area contributed by atoms with Crippen LogP contribution >= 0.6 is 0 Å². The summed E-state index contributed by atoms with van der Waals surface area (Å²) in [7, 11) is 4.71. The first kappa shape index (κ1) is 35.6. The molecule has 12 heteroatoms. The molecular formula is C31H46N4O8. The lowest BCUT2D eigenvalue weighted by Crippen LogP contribution is -2.38. The zero-order valence-electron chi connectivity index (χ0n) is 26.1. The maximum absolute atomic E-state index is 13.6. The number of hydrogen-bond donors (Lipinski definition) is 5. The predicted molar refractivity (Wildman–Crippen MR) is 161 cm³/mol. The van der Waals surface area contributed by atoms with Gasteiger partial charge in [0.25, 0.3) is 5.91 Å². The number of carbonyl (C=O) groups is 4. The summed E-state index contributed by atoms with van der Waals surface area (Å²) in [5.41, 5.74) is 6.52. The molecule has 0 saturated heterocycles. The van der Waals surface area contributed by atoms with Crippen LogP contribution in [0.2, 0.25) is 0 Å². The Labute approximate surface area is 253 Å². The fraction of sp³-hybridized carbons (Fsp3) is 0.548. The van der Waals surface area contributed by atoms with Crippen LogP contribution in [0.25, 0.3) is 0 Å². The van der Waals surface area contributed by atoms with Crippen LogP contribution in [0.15, 0.2) is 58.5 Å². The molecule has 6 N–H and O–H groups in total. The summed E-state index contributed by atoms with van der Waals surface area (Å²) in [6.45, 7) is 7.98. The topological polar surface area (TPSA) is 178 Å². The van der Waals surface area contributed by atoms with E-state index < -0.39 is 53.9 Å². The van der Waals surface area contributed by atoms with Gasteiger partial charge < -0.3 is 41.0 Å². The van der Waals surface area contributed by atoms with Crippen molar-refractivity contribution >= 4 is 23.6 Å². The molecular weight excluding hydrogens is 556 g/mol. The van der Waals surface area contributed by atoms with E-state index in [1.165, 1.54) is 20.3 Å². The van der Waals surface area contributed by atoms with Crippen molar-refractivity contribution in [3.63, 3.8) is 0 Å². The molecule has 1 aliphatic heterocycles. The van der Waals surface area contributed by atoms with Crippen molar-refractivity contribution in [2.24, 2.45) is 17.6 Å². The third-order valence-electron chi connectivity index (χ3n) is 7.47. The number of nitrogens with two attached hydrogens (primary N) is 1. The summed E-state index contributed by atoms with van der Waals surface area (Å²) in [5.74, 6) is -2.08. The van der Waals surface area contributed by atoms with Crippen LogP contribution in [0.3, 0.4) is 0 Å². The van der Waals surface area contributed by atoms with Gasteiger partial charge in [-0.05, 0) is 45.2 Å². The van der Waals surface area contributed by atoms with Gasteiger partial charge in [0.05, 0.1) is 23.6 Å². The van der Waals surface area contributed by atoms with Crippen LogP contribution in [-0.2, 0) is 28.6 Å². The fourth-order valence-corrected chi connectivity index (χ4v) is 5.09. The standard InChI is InChI=1S/C31H46N4O8/c1-17-13-21-26(34-12-11-33-5)23(36)16-22(28(21)38)35-30(39)18(2)9-8-10-24(41-6)29(43-31(32)40)20(4)15-19(3)27(37)25(14-17)42-7/h8-10,15-17,19,24-25,27,29,33-34,37H,11-14H2,1-7H3,(H2,32,40)(H,35,39)/b10-8-,18-9-,20-15-/t17-,19+,24+,25+,27-,29+/m1/s1. The summed E-state index contributed by atoms with van der Waals surface area (Å²) in [5, 5.41) is 19.9. The Morgan fingerprint density at radius 3 is 2.44 bits per heavy atom. The van der Waals surface area contributed by atoms with E-state index in [0.717, 1.165) is 6.08 Å². The highest BCUT2D eigenvalue weighted by molar-refractivity contribution is 6.23. The molecule has 0 aromatic rings. The zero-order valence-corrected chi connectivity index (χ0v) is 26.1. The Hall–Kier alpha value is -3.58. The number of amides is 2. The van der Waals surface area contributed by atoms with E-state index in [1.807, 2.05) is 13.8 Å². The Kier molecular flexibility index (Phi) is 14.0. The molecule has 0 fully saturated rings. The Morgan fingerprint density at radius 1 is 1.14 bits per heavy atom. The van der Waals surface area contributed by atoms with E-state index >= 15 is 0 Å². The molecule has 43 heavy (non-hydrogen) atoms. The number of nitrogens with one attached hydrogen (secondary N) is 3. The van der Waals surface area contributed by atoms with E-state index in [1.54, 1.807) is 39.1 Å². The molecule has 2 bridgehead atoms. The van der Waals surface area contributed by atoms with E-state index in [4.69, 9.17) is 19.9 Å². The van der Waals surface area contributed by atoms with Gasteiger partial charge >= 0.3 is 6.09 Å². The minimum absolute atomic E-state index is 0.118. The number of fused-ring (bicyclic) bond motifs is 2. The van der Waals surface area contributed by atoms with Crippen LogP contribution in [-0.4, -0.2) is 87.4 Å². The van der Waals surface area contributed by atoms with Gasteiger partial charge in [0.15, 0.2) is 6.10 Å². The maximum Gasteiger partial charge on any atom is 0.405 e. The number of hydrogen-bond acceptors (Lipinski definition) is 10. The first-order valence-corrected chi connectivity index (χ1v) is 14.3. The number of aliphatic hydroxyl groups excluding tert-OH is 1. The third-order valence-corrected chi connectivity index (χ3v) is 7.47. The quantitative estimate of drug-likeness (QED) is 0.163. The number of ether oxygens (including phenoxy) is 3. The van der Waals surface area contributed by atoms with Crippen molar-refractivity contribution < 1.29 is 38.5 Å². The van der Waals surface area contributed by atoms with E-state index in [0.29, 0.717) is 25.1 Å². The average Bonchev–Trinajstić information content (AvgIpc) is 2.95. The second-order valence-electron chi connectivity index (χ2n) is 11.0. The van der Waals surface area contributed by atoms with Crippen LogP contribution < -0.4 is 21.7 Å². The lowest BCUT2D eigenvalue weighted by atomic mass is 9.85. The monoisotopic (exact) mass is 602 g/mol. The molecule has 238 valence electrons. The highest BCUT2D eigenvalue weighted by Gasteiger charge is 2.33. The number of rotatable bonds is 7. The molecule has 0 saturated carbocycles. The summed E-state index contributed by atoms with van der Waals surface area (Å²) in [6.07, 6.45) is 3.86. The predicted octanol–water partition coefficient (Wildman–Crippen LogP) is 1.57. The molecule has 12 nitrogen and oxygen atoms in total. The SMILES string of the molecule is CNCCNC1=C2C[C@@H](C)C[C@H](OC)[C@H](O)[C@@H](C)/C=C(/C)[C@H](OC(N)=O)[C@@H](OC)/C=C\C=C(\C)C(=O)NC(=CC1=O)C2=O. The van der Waals surface area contributed by atoms with Crippen LogP contribution in [0.4, 0.5) is 4.79 Å². The minimum atomic E-state index is -0.998. The molecule has 0 radical (unpaired) electrons. The van der Waals surface area contributed by atoms with Gasteiger partial charge in [-0.1, -0.05) is 38.2 Å². The third kappa shape index (κ3) is 9.99. The lowest BCUT2D eigenvalue weighted by Gasteiger charge is -2.30. The lowest BCUT2D eigenvalue weighted by molar-refractivity contribution is -0.120. The fourth-order valence-electron chi connectivity index (χ4n) is 5.09. The molecule has 2 amide bonds. The van der Waals surface area contributed by atoms with E-state index in [-0.39, 0.29) is 34.9 Å². The highest BCUT2D eigenvalue weighted by atomic mass is 16.6. The molecule has 6 atom stereocenters. The first-order valence-electron chi connectivity index (χ1n) is 14.3. The average molecular weight is 603 g/mol.